The van der Waals surface area contributed by atoms with Crippen LogP contribution in [0, 0.1) is 0 Å². The van der Waals surface area contributed by atoms with Gasteiger partial charge in [0.2, 0.25) is 0 Å². The van der Waals surface area contributed by atoms with Crippen LogP contribution in [0.2, 0.25) is 0 Å². The van der Waals surface area contributed by atoms with Crippen LogP contribution in [-0.4, -0.2) is 39.2 Å². The van der Waals surface area contributed by atoms with Crippen molar-refractivity contribution in [1.82, 2.24) is 25.0 Å². The average molecular weight is 404 g/mol. The van der Waals surface area contributed by atoms with Crippen LogP contribution in [-0.2, 0) is 6.42 Å². The standard InChI is InChI=1S/C22H24N6O2/c1-4-5-7-16-13-28(27-26-16)17-9-6-8-15(10-17)25-22-18-11-20(29-2)21(30-3)12-19(18)23-14-24-22/h6,8-14H,4-5,7H2,1-3H3,(H,23,24,25). The van der Waals surface area contributed by atoms with Crippen molar-refractivity contribution in [2.45, 2.75) is 26.2 Å². The quantitative estimate of drug-likeness (QED) is 0.468. The van der Waals surface area contributed by atoms with Crippen molar-refractivity contribution < 1.29 is 9.47 Å². The van der Waals surface area contributed by atoms with Crippen LogP contribution in [0.3, 0.4) is 0 Å². The van der Waals surface area contributed by atoms with Crippen LogP contribution in [0.4, 0.5) is 11.5 Å². The molecule has 0 aliphatic rings. The summed E-state index contributed by atoms with van der Waals surface area (Å²) in [6, 6.07) is 11.7. The molecule has 2 aromatic heterocycles. The van der Waals surface area contributed by atoms with Gasteiger partial charge in [0.25, 0.3) is 0 Å². The van der Waals surface area contributed by atoms with Crippen molar-refractivity contribution >= 4 is 22.4 Å². The number of hydrogen-bond acceptors (Lipinski definition) is 7. The Bertz CT molecular complexity index is 1160. The number of nitrogens with zero attached hydrogens (tertiary/aromatic N) is 5. The third kappa shape index (κ3) is 4.03. The molecule has 0 saturated carbocycles. The SMILES string of the molecule is CCCCc1cn(-c2cccc(Nc3ncnc4cc(OC)c(OC)cc34)c2)nn1. The van der Waals surface area contributed by atoms with E-state index in [1.54, 1.807) is 18.9 Å². The fourth-order valence-electron chi connectivity index (χ4n) is 3.24. The summed E-state index contributed by atoms with van der Waals surface area (Å²) in [4.78, 5) is 8.77. The van der Waals surface area contributed by atoms with Crippen molar-refractivity contribution in [1.29, 1.82) is 0 Å². The molecule has 8 nitrogen and oxygen atoms in total. The maximum Gasteiger partial charge on any atom is 0.162 e. The molecule has 4 rings (SSSR count). The van der Waals surface area contributed by atoms with E-state index in [1.807, 2.05) is 42.6 Å². The van der Waals surface area contributed by atoms with Gasteiger partial charge in [-0.3, -0.25) is 0 Å². The molecule has 30 heavy (non-hydrogen) atoms. The molecule has 1 N–H and O–H groups in total. The Morgan fingerprint density at radius 2 is 1.87 bits per heavy atom. The topological polar surface area (TPSA) is 87.0 Å². The highest BCUT2D eigenvalue weighted by atomic mass is 16.5. The number of rotatable bonds is 8. The van der Waals surface area contributed by atoms with Crippen LogP contribution in [0.15, 0.2) is 48.9 Å². The molecule has 0 saturated heterocycles. The molecular formula is C22H24N6O2. The Balaban J connectivity index is 1.64. The van der Waals surface area contributed by atoms with Gasteiger partial charge in [-0.15, -0.1) is 5.10 Å². The van der Waals surface area contributed by atoms with E-state index >= 15 is 0 Å². The number of nitrogens with one attached hydrogen (secondary N) is 1. The van der Waals surface area contributed by atoms with Crippen molar-refractivity contribution in [2.75, 3.05) is 19.5 Å². The molecule has 0 aliphatic carbocycles. The summed E-state index contributed by atoms with van der Waals surface area (Å²) < 4.78 is 12.6. The lowest BCUT2D eigenvalue weighted by molar-refractivity contribution is 0.356. The summed E-state index contributed by atoms with van der Waals surface area (Å²) in [6.45, 7) is 2.17. The van der Waals surface area contributed by atoms with E-state index in [0.29, 0.717) is 17.3 Å². The van der Waals surface area contributed by atoms with Crippen LogP contribution < -0.4 is 14.8 Å². The molecule has 4 aromatic rings. The molecule has 0 unspecified atom stereocenters. The minimum atomic E-state index is 0.624. The Labute approximate surface area is 174 Å². The van der Waals surface area contributed by atoms with E-state index in [-0.39, 0.29) is 0 Å². The summed E-state index contributed by atoms with van der Waals surface area (Å²) >= 11 is 0. The van der Waals surface area contributed by atoms with E-state index < -0.39 is 0 Å². The summed E-state index contributed by atoms with van der Waals surface area (Å²) in [7, 11) is 3.21. The predicted molar refractivity (Wildman–Crippen MR) is 116 cm³/mol. The highest BCUT2D eigenvalue weighted by Crippen LogP contribution is 2.34. The molecule has 0 fully saturated rings. The zero-order valence-corrected chi connectivity index (χ0v) is 17.3. The van der Waals surface area contributed by atoms with E-state index in [1.165, 1.54) is 6.33 Å². The van der Waals surface area contributed by atoms with Crippen LogP contribution in [0.5, 0.6) is 11.5 Å². The third-order valence-corrected chi connectivity index (χ3v) is 4.84. The van der Waals surface area contributed by atoms with Gasteiger partial charge in [0.15, 0.2) is 11.5 Å². The predicted octanol–water partition coefficient (Wildman–Crippen LogP) is 4.31. The fourth-order valence-corrected chi connectivity index (χ4v) is 3.24. The van der Waals surface area contributed by atoms with Gasteiger partial charge in [-0.05, 0) is 37.1 Å². The van der Waals surface area contributed by atoms with E-state index in [4.69, 9.17) is 9.47 Å². The van der Waals surface area contributed by atoms with Crippen molar-refractivity contribution in [3.05, 3.63) is 54.6 Å². The highest BCUT2D eigenvalue weighted by Gasteiger charge is 2.11. The van der Waals surface area contributed by atoms with Crippen molar-refractivity contribution in [2.24, 2.45) is 0 Å². The van der Waals surface area contributed by atoms with Crippen LogP contribution in [0.25, 0.3) is 16.6 Å². The van der Waals surface area contributed by atoms with E-state index in [0.717, 1.165) is 47.2 Å². The number of unbranched alkanes of at least 4 members (excludes halogenated alkanes) is 1. The second-order valence-corrected chi connectivity index (χ2v) is 6.88. The minimum Gasteiger partial charge on any atom is -0.493 e. The van der Waals surface area contributed by atoms with Gasteiger partial charge < -0.3 is 14.8 Å². The first-order valence-electron chi connectivity index (χ1n) is 9.87. The second kappa shape index (κ2) is 8.77. The summed E-state index contributed by atoms with van der Waals surface area (Å²) in [5, 5.41) is 12.7. The maximum atomic E-state index is 5.43. The molecule has 0 aliphatic heterocycles. The summed E-state index contributed by atoms with van der Waals surface area (Å²) in [5.74, 6) is 1.93. The molecule has 0 radical (unpaired) electrons. The molecule has 2 aromatic carbocycles. The van der Waals surface area contributed by atoms with Crippen molar-refractivity contribution in [3.8, 4) is 17.2 Å². The minimum absolute atomic E-state index is 0.624. The van der Waals surface area contributed by atoms with Gasteiger partial charge in [0.1, 0.15) is 12.1 Å². The number of methoxy groups -OCH3 is 2. The molecule has 8 heteroatoms. The highest BCUT2D eigenvalue weighted by molar-refractivity contribution is 5.93. The Morgan fingerprint density at radius 1 is 1.03 bits per heavy atom. The smallest absolute Gasteiger partial charge is 0.162 e. The van der Waals surface area contributed by atoms with Crippen LogP contribution >= 0.6 is 0 Å². The number of anilines is 2. The zero-order valence-electron chi connectivity index (χ0n) is 17.3. The molecule has 0 amide bonds. The molecule has 154 valence electrons. The lowest BCUT2D eigenvalue weighted by atomic mass is 10.2. The maximum absolute atomic E-state index is 5.43. The first-order valence-corrected chi connectivity index (χ1v) is 9.87. The Morgan fingerprint density at radius 3 is 2.67 bits per heavy atom. The first kappa shape index (κ1) is 19.6. The molecule has 0 spiro atoms. The third-order valence-electron chi connectivity index (χ3n) is 4.84. The van der Waals surface area contributed by atoms with Gasteiger partial charge in [0.05, 0.1) is 37.3 Å². The number of aromatic nitrogens is 5. The normalized spacial score (nSPS) is 10.9. The summed E-state index contributed by atoms with van der Waals surface area (Å²) in [5.41, 5.74) is 3.57. The van der Waals surface area contributed by atoms with Gasteiger partial charge >= 0.3 is 0 Å². The first-order chi connectivity index (χ1) is 14.7. The van der Waals surface area contributed by atoms with Crippen molar-refractivity contribution in [3.63, 3.8) is 0 Å². The number of aryl methyl sites for hydroxylation is 1. The fraction of sp³-hybridized carbons (Fsp3) is 0.273. The Hall–Kier alpha value is -3.68. The lowest BCUT2D eigenvalue weighted by Crippen LogP contribution is -2.00. The van der Waals surface area contributed by atoms with Gasteiger partial charge in [-0.2, -0.15) is 0 Å². The molecule has 0 atom stereocenters. The number of benzene rings is 2. The Kier molecular flexibility index (Phi) is 5.74. The second-order valence-electron chi connectivity index (χ2n) is 6.88. The lowest BCUT2D eigenvalue weighted by Gasteiger charge is -2.12. The van der Waals surface area contributed by atoms with Gasteiger partial charge in [-0.1, -0.05) is 24.6 Å². The zero-order chi connectivity index (χ0) is 20.9. The van der Waals surface area contributed by atoms with E-state index in [2.05, 4.69) is 32.5 Å². The average Bonchev–Trinajstić information content (AvgIpc) is 3.26. The van der Waals surface area contributed by atoms with Gasteiger partial charge in [0, 0.05) is 17.1 Å². The van der Waals surface area contributed by atoms with Gasteiger partial charge in [-0.25, -0.2) is 14.6 Å². The number of hydrogen-bond donors (Lipinski definition) is 1. The number of ether oxygens (including phenoxy) is 2. The van der Waals surface area contributed by atoms with E-state index in [9.17, 15) is 0 Å². The molecule has 2 heterocycles. The molecule has 0 bridgehead atoms. The number of fused-ring (bicyclic) bond motifs is 1. The largest absolute Gasteiger partial charge is 0.493 e. The van der Waals surface area contributed by atoms with Crippen LogP contribution in [0.1, 0.15) is 25.5 Å². The molecular weight excluding hydrogens is 380 g/mol. The summed E-state index contributed by atoms with van der Waals surface area (Å²) in [6.07, 6.45) is 6.68. The monoisotopic (exact) mass is 404 g/mol.